The first-order valence-electron chi connectivity index (χ1n) is 6.92. The Hall–Kier alpha value is -0.430. The third kappa shape index (κ3) is 3.61. The summed E-state index contributed by atoms with van der Waals surface area (Å²) in [7, 11) is -3.53. The number of aryl methyl sites for hydroxylation is 1. The van der Waals surface area contributed by atoms with Gasteiger partial charge in [-0.1, -0.05) is 18.9 Å². The normalized spacial score (nSPS) is 18.4. The van der Waals surface area contributed by atoms with Crippen LogP contribution in [0.2, 0.25) is 0 Å². The summed E-state index contributed by atoms with van der Waals surface area (Å²) in [6, 6.07) is 5.06. The van der Waals surface area contributed by atoms with Crippen LogP contribution in [0.25, 0.3) is 0 Å². The van der Waals surface area contributed by atoms with E-state index in [9.17, 15) is 8.42 Å². The molecule has 0 aliphatic heterocycles. The van der Waals surface area contributed by atoms with Crippen molar-refractivity contribution in [1.82, 2.24) is 4.72 Å². The van der Waals surface area contributed by atoms with E-state index < -0.39 is 10.0 Å². The minimum absolute atomic E-state index is 0.171. The zero-order valence-corrected chi connectivity index (χ0v) is 14.0. The Balaban J connectivity index is 2.21. The predicted molar refractivity (Wildman–Crippen MR) is 84.0 cm³/mol. The van der Waals surface area contributed by atoms with E-state index in [4.69, 9.17) is 5.73 Å². The van der Waals surface area contributed by atoms with Gasteiger partial charge in [-0.05, 0) is 59.3 Å². The molecule has 1 fully saturated rings. The number of benzene rings is 1. The number of halogens is 1. The quantitative estimate of drug-likeness (QED) is 0.847. The maximum absolute atomic E-state index is 12.5. The van der Waals surface area contributed by atoms with Crippen LogP contribution in [-0.2, 0) is 10.0 Å². The number of nitrogens with one attached hydrogen (secondary N) is 1. The molecular formula is C14H21BrN2O2S. The van der Waals surface area contributed by atoms with E-state index in [-0.39, 0.29) is 10.9 Å². The number of hydrogen-bond acceptors (Lipinski definition) is 3. The highest BCUT2D eigenvalue weighted by Crippen LogP contribution is 2.29. The molecule has 0 aromatic heterocycles. The Morgan fingerprint density at radius 1 is 1.40 bits per heavy atom. The standard InChI is InChI=1S/C14H21BrN2O2S/c1-10-6-7-14(12(15)8-10)20(18,19)17-13(9-16)11-4-2-3-5-11/h6-8,11,13,17H,2-5,9,16H2,1H3. The molecule has 0 radical (unpaired) electrons. The molecule has 1 aliphatic carbocycles. The Bertz CT molecular complexity index is 569. The van der Waals surface area contributed by atoms with Gasteiger partial charge in [-0.25, -0.2) is 13.1 Å². The van der Waals surface area contributed by atoms with Crippen molar-refractivity contribution < 1.29 is 8.42 Å². The van der Waals surface area contributed by atoms with Gasteiger partial charge in [-0.3, -0.25) is 0 Å². The van der Waals surface area contributed by atoms with Crippen molar-refractivity contribution >= 4 is 26.0 Å². The van der Waals surface area contributed by atoms with Gasteiger partial charge in [-0.2, -0.15) is 0 Å². The molecule has 0 saturated heterocycles. The number of nitrogens with two attached hydrogens (primary N) is 1. The zero-order chi connectivity index (χ0) is 14.8. The summed E-state index contributed by atoms with van der Waals surface area (Å²) >= 11 is 3.33. The highest BCUT2D eigenvalue weighted by atomic mass is 79.9. The van der Waals surface area contributed by atoms with E-state index in [1.807, 2.05) is 13.0 Å². The van der Waals surface area contributed by atoms with Crippen LogP contribution < -0.4 is 10.5 Å². The first kappa shape index (κ1) is 15.9. The predicted octanol–water partition coefficient (Wildman–Crippen LogP) is 2.55. The molecule has 1 aliphatic rings. The van der Waals surface area contributed by atoms with Gasteiger partial charge in [-0.15, -0.1) is 0 Å². The van der Waals surface area contributed by atoms with Crippen LogP contribution in [0.15, 0.2) is 27.6 Å². The first-order chi connectivity index (χ1) is 9.44. The molecule has 112 valence electrons. The average Bonchev–Trinajstić information content (AvgIpc) is 2.89. The molecule has 4 nitrogen and oxygen atoms in total. The lowest BCUT2D eigenvalue weighted by Crippen LogP contribution is -2.44. The van der Waals surface area contributed by atoms with Gasteiger partial charge in [0.1, 0.15) is 0 Å². The van der Waals surface area contributed by atoms with Gasteiger partial charge in [0, 0.05) is 17.1 Å². The molecule has 0 spiro atoms. The van der Waals surface area contributed by atoms with E-state index in [2.05, 4.69) is 20.7 Å². The van der Waals surface area contributed by atoms with Gasteiger partial charge < -0.3 is 5.73 Å². The van der Waals surface area contributed by atoms with E-state index in [0.29, 0.717) is 16.9 Å². The van der Waals surface area contributed by atoms with E-state index in [0.717, 1.165) is 31.2 Å². The Morgan fingerprint density at radius 2 is 2.05 bits per heavy atom. The molecule has 1 saturated carbocycles. The van der Waals surface area contributed by atoms with E-state index in [1.54, 1.807) is 12.1 Å². The summed E-state index contributed by atoms with van der Waals surface area (Å²) < 4.78 is 28.4. The van der Waals surface area contributed by atoms with Crippen LogP contribution in [0.3, 0.4) is 0 Å². The summed E-state index contributed by atoms with van der Waals surface area (Å²) in [4.78, 5) is 0.277. The van der Waals surface area contributed by atoms with Crippen molar-refractivity contribution in [2.75, 3.05) is 6.54 Å². The third-order valence-corrected chi connectivity index (χ3v) is 6.37. The van der Waals surface area contributed by atoms with Crippen LogP contribution in [0.5, 0.6) is 0 Å². The van der Waals surface area contributed by atoms with E-state index in [1.165, 1.54) is 0 Å². The maximum Gasteiger partial charge on any atom is 0.241 e. The van der Waals surface area contributed by atoms with Crippen LogP contribution in [-0.4, -0.2) is 21.0 Å². The van der Waals surface area contributed by atoms with Gasteiger partial charge in [0.2, 0.25) is 10.0 Å². The van der Waals surface area contributed by atoms with Crippen LogP contribution in [0.4, 0.5) is 0 Å². The second-order valence-electron chi connectivity index (χ2n) is 5.44. The van der Waals surface area contributed by atoms with Crippen LogP contribution in [0, 0.1) is 12.8 Å². The lowest BCUT2D eigenvalue weighted by molar-refractivity contribution is 0.405. The molecule has 1 aromatic carbocycles. The third-order valence-electron chi connectivity index (χ3n) is 3.91. The van der Waals surface area contributed by atoms with Gasteiger partial charge in [0.15, 0.2) is 0 Å². The van der Waals surface area contributed by atoms with Crippen molar-refractivity contribution in [3.8, 4) is 0 Å². The molecule has 1 aromatic rings. The zero-order valence-electron chi connectivity index (χ0n) is 11.6. The lowest BCUT2D eigenvalue weighted by Gasteiger charge is -2.23. The van der Waals surface area contributed by atoms with Crippen LogP contribution >= 0.6 is 15.9 Å². The van der Waals surface area contributed by atoms with Crippen molar-refractivity contribution in [1.29, 1.82) is 0 Å². The fourth-order valence-electron chi connectivity index (χ4n) is 2.78. The fourth-order valence-corrected chi connectivity index (χ4v) is 5.29. The number of rotatable bonds is 5. The molecule has 2 rings (SSSR count). The summed E-state index contributed by atoms with van der Waals surface area (Å²) in [6.07, 6.45) is 4.44. The monoisotopic (exact) mass is 360 g/mol. The highest BCUT2D eigenvalue weighted by Gasteiger charge is 2.29. The SMILES string of the molecule is Cc1ccc(S(=O)(=O)NC(CN)C2CCCC2)c(Br)c1. The minimum atomic E-state index is -3.53. The second-order valence-corrected chi connectivity index (χ2v) is 7.98. The van der Waals surface area contributed by atoms with E-state index >= 15 is 0 Å². The summed E-state index contributed by atoms with van der Waals surface area (Å²) in [6.45, 7) is 2.27. The fraction of sp³-hybridized carbons (Fsp3) is 0.571. The second kappa shape index (κ2) is 6.56. The molecule has 20 heavy (non-hydrogen) atoms. The molecule has 1 unspecified atom stereocenters. The Kier molecular flexibility index (Phi) is 5.23. The van der Waals surface area contributed by atoms with Crippen molar-refractivity contribution in [3.05, 3.63) is 28.2 Å². The van der Waals surface area contributed by atoms with Gasteiger partial charge in [0.25, 0.3) is 0 Å². The van der Waals surface area contributed by atoms with Crippen molar-refractivity contribution in [2.24, 2.45) is 11.7 Å². The molecule has 0 amide bonds. The maximum atomic E-state index is 12.5. The summed E-state index contributed by atoms with van der Waals surface area (Å²) in [5, 5.41) is 0. The Morgan fingerprint density at radius 3 is 2.60 bits per heavy atom. The molecule has 0 heterocycles. The number of sulfonamides is 1. The largest absolute Gasteiger partial charge is 0.329 e. The number of hydrogen-bond donors (Lipinski definition) is 2. The van der Waals surface area contributed by atoms with Crippen molar-refractivity contribution in [2.45, 2.75) is 43.5 Å². The minimum Gasteiger partial charge on any atom is -0.329 e. The topological polar surface area (TPSA) is 72.2 Å². The highest BCUT2D eigenvalue weighted by molar-refractivity contribution is 9.10. The van der Waals surface area contributed by atoms with Crippen molar-refractivity contribution in [3.63, 3.8) is 0 Å². The van der Waals surface area contributed by atoms with Gasteiger partial charge in [0.05, 0.1) is 4.90 Å². The molecular weight excluding hydrogens is 340 g/mol. The first-order valence-corrected chi connectivity index (χ1v) is 9.20. The summed E-state index contributed by atoms with van der Waals surface area (Å²) in [5.74, 6) is 0.360. The van der Waals surface area contributed by atoms with Gasteiger partial charge >= 0.3 is 0 Å². The smallest absolute Gasteiger partial charge is 0.241 e. The molecule has 1 atom stereocenters. The van der Waals surface area contributed by atoms with Crippen LogP contribution in [0.1, 0.15) is 31.2 Å². The lowest BCUT2D eigenvalue weighted by atomic mass is 9.99. The molecule has 6 heteroatoms. The summed E-state index contributed by atoms with van der Waals surface area (Å²) in [5.41, 5.74) is 6.78. The molecule has 3 N–H and O–H groups in total. The molecule has 0 bridgehead atoms. The average molecular weight is 361 g/mol. The Labute approximate surface area is 129 Å².